The van der Waals surface area contributed by atoms with Crippen LogP contribution >= 0.6 is 11.3 Å². The summed E-state index contributed by atoms with van der Waals surface area (Å²) in [5.74, 6) is -0.129. The SMILES string of the molecule is CCCc1ccc(NC(=O)c2sc(-c3ccccn3)nc2C)cc1. The highest BCUT2D eigenvalue weighted by Gasteiger charge is 2.16. The van der Waals surface area contributed by atoms with E-state index < -0.39 is 0 Å². The molecule has 0 atom stereocenters. The number of nitrogens with zero attached hydrogens (tertiary/aromatic N) is 2. The Morgan fingerprint density at radius 1 is 1.17 bits per heavy atom. The lowest BCUT2D eigenvalue weighted by Crippen LogP contribution is -2.11. The number of aromatic nitrogens is 2. The molecule has 1 N–H and O–H groups in total. The zero-order valence-electron chi connectivity index (χ0n) is 13.7. The summed E-state index contributed by atoms with van der Waals surface area (Å²) >= 11 is 1.37. The average molecular weight is 337 g/mol. The van der Waals surface area contributed by atoms with Gasteiger partial charge in [0.15, 0.2) is 0 Å². The number of carbonyl (C=O) groups excluding carboxylic acids is 1. The highest BCUT2D eigenvalue weighted by molar-refractivity contribution is 7.17. The first-order chi connectivity index (χ1) is 11.7. The van der Waals surface area contributed by atoms with Gasteiger partial charge in [-0.25, -0.2) is 4.98 Å². The van der Waals surface area contributed by atoms with Gasteiger partial charge in [-0.15, -0.1) is 11.3 Å². The van der Waals surface area contributed by atoms with Crippen molar-refractivity contribution in [3.05, 3.63) is 64.8 Å². The minimum absolute atomic E-state index is 0.129. The fourth-order valence-electron chi connectivity index (χ4n) is 2.44. The maximum Gasteiger partial charge on any atom is 0.267 e. The zero-order chi connectivity index (χ0) is 16.9. The quantitative estimate of drug-likeness (QED) is 0.733. The van der Waals surface area contributed by atoms with Crippen molar-refractivity contribution in [3.8, 4) is 10.7 Å². The molecule has 0 aliphatic carbocycles. The molecule has 0 saturated carbocycles. The van der Waals surface area contributed by atoms with Crippen LogP contribution in [0.15, 0.2) is 48.7 Å². The maximum absolute atomic E-state index is 12.5. The van der Waals surface area contributed by atoms with Gasteiger partial charge in [0.05, 0.1) is 11.4 Å². The van der Waals surface area contributed by atoms with Gasteiger partial charge < -0.3 is 5.32 Å². The molecule has 2 aromatic heterocycles. The van der Waals surface area contributed by atoms with Gasteiger partial charge in [-0.1, -0.05) is 31.5 Å². The lowest BCUT2D eigenvalue weighted by Gasteiger charge is -2.05. The molecule has 5 heteroatoms. The van der Waals surface area contributed by atoms with Crippen LogP contribution in [0.25, 0.3) is 10.7 Å². The molecule has 3 rings (SSSR count). The first-order valence-electron chi connectivity index (χ1n) is 7.96. The van der Waals surface area contributed by atoms with E-state index in [1.54, 1.807) is 6.20 Å². The predicted octanol–water partition coefficient (Wildman–Crippen LogP) is 4.72. The fraction of sp³-hybridized carbons (Fsp3) is 0.211. The number of carbonyl (C=O) groups is 1. The number of anilines is 1. The van der Waals surface area contributed by atoms with Crippen molar-refractivity contribution in [2.75, 3.05) is 5.32 Å². The first-order valence-corrected chi connectivity index (χ1v) is 8.78. The predicted molar refractivity (Wildman–Crippen MR) is 98.5 cm³/mol. The second-order valence-electron chi connectivity index (χ2n) is 5.55. The normalized spacial score (nSPS) is 10.6. The molecule has 24 heavy (non-hydrogen) atoms. The summed E-state index contributed by atoms with van der Waals surface area (Å²) in [7, 11) is 0. The molecule has 0 fully saturated rings. The van der Waals surface area contributed by atoms with E-state index in [1.165, 1.54) is 16.9 Å². The number of hydrogen-bond acceptors (Lipinski definition) is 4. The Balaban J connectivity index is 1.76. The minimum Gasteiger partial charge on any atom is -0.321 e. The van der Waals surface area contributed by atoms with E-state index in [0.717, 1.165) is 34.9 Å². The molecule has 0 aliphatic heterocycles. The average Bonchev–Trinajstić information content (AvgIpc) is 3.00. The van der Waals surface area contributed by atoms with Gasteiger partial charge in [0, 0.05) is 11.9 Å². The number of rotatable bonds is 5. The number of benzene rings is 1. The lowest BCUT2D eigenvalue weighted by atomic mass is 10.1. The molecule has 122 valence electrons. The Morgan fingerprint density at radius 2 is 1.96 bits per heavy atom. The summed E-state index contributed by atoms with van der Waals surface area (Å²) in [6.45, 7) is 4.00. The van der Waals surface area contributed by atoms with Crippen LogP contribution in [0.4, 0.5) is 5.69 Å². The van der Waals surface area contributed by atoms with Crippen LogP contribution in [0, 0.1) is 6.92 Å². The third-order valence-electron chi connectivity index (χ3n) is 3.64. The Morgan fingerprint density at radius 3 is 2.62 bits per heavy atom. The monoisotopic (exact) mass is 337 g/mol. The molecule has 0 aliphatic rings. The maximum atomic E-state index is 12.5. The Bertz CT molecular complexity index is 826. The largest absolute Gasteiger partial charge is 0.321 e. The Hall–Kier alpha value is -2.53. The second-order valence-corrected chi connectivity index (χ2v) is 6.55. The van der Waals surface area contributed by atoms with Crippen LogP contribution in [0.3, 0.4) is 0 Å². The first kappa shape index (κ1) is 16.3. The molecule has 1 aromatic carbocycles. The molecule has 0 spiro atoms. The Kier molecular flexibility index (Phi) is 5.01. The fourth-order valence-corrected chi connectivity index (χ4v) is 3.38. The van der Waals surface area contributed by atoms with Crippen LogP contribution in [0.5, 0.6) is 0 Å². The molecular formula is C19H19N3OS. The molecule has 3 aromatic rings. The van der Waals surface area contributed by atoms with Gasteiger partial charge in [-0.05, 0) is 43.2 Å². The molecule has 0 saturated heterocycles. The summed E-state index contributed by atoms with van der Waals surface area (Å²) < 4.78 is 0. The molecule has 0 unspecified atom stereocenters. The number of nitrogens with one attached hydrogen (secondary N) is 1. The summed E-state index contributed by atoms with van der Waals surface area (Å²) in [5.41, 5.74) is 3.59. The van der Waals surface area contributed by atoms with Gasteiger partial charge in [0.25, 0.3) is 5.91 Å². The Labute approximate surface area is 145 Å². The number of aryl methyl sites for hydroxylation is 2. The van der Waals surface area contributed by atoms with Gasteiger partial charge in [0.1, 0.15) is 9.88 Å². The van der Waals surface area contributed by atoms with Gasteiger partial charge >= 0.3 is 0 Å². The minimum atomic E-state index is -0.129. The molecule has 2 heterocycles. The van der Waals surface area contributed by atoms with Crippen molar-refractivity contribution in [2.45, 2.75) is 26.7 Å². The van der Waals surface area contributed by atoms with Crippen molar-refractivity contribution in [3.63, 3.8) is 0 Å². The van der Waals surface area contributed by atoms with E-state index >= 15 is 0 Å². The second kappa shape index (κ2) is 7.36. The number of hydrogen-bond donors (Lipinski definition) is 1. The number of thiazole rings is 1. The third-order valence-corrected chi connectivity index (χ3v) is 4.82. The van der Waals surface area contributed by atoms with Crippen molar-refractivity contribution < 1.29 is 4.79 Å². The highest BCUT2D eigenvalue weighted by Crippen LogP contribution is 2.27. The summed E-state index contributed by atoms with van der Waals surface area (Å²) in [4.78, 5) is 21.9. The van der Waals surface area contributed by atoms with Gasteiger partial charge in [-0.3, -0.25) is 9.78 Å². The van der Waals surface area contributed by atoms with E-state index in [4.69, 9.17) is 0 Å². The number of amides is 1. The molecule has 0 radical (unpaired) electrons. The molecule has 4 nitrogen and oxygen atoms in total. The summed E-state index contributed by atoms with van der Waals surface area (Å²) in [6.07, 6.45) is 3.89. The van der Waals surface area contributed by atoms with E-state index in [1.807, 2.05) is 37.3 Å². The molecule has 0 bridgehead atoms. The van der Waals surface area contributed by atoms with Crippen molar-refractivity contribution in [1.82, 2.24) is 9.97 Å². The lowest BCUT2D eigenvalue weighted by molar-refractivity contribution is 0.103. The highest BCUT2D eigenvalue weighted by atomic mass is 32.1. The van der Waals surface area contributed by atoms with E-state index in [2.05, 4.69) is 34.3 Å². The van der Waals surface area contributed by atoms with Crippen LogP contribution < -0.4 is 5.32 Å². The van der Waals surface area contributed by atoms with Crippen molar-refractivity contribution in [2.24, 2.45) is 0 Å². The van der Waals surface area contributed by atoms with E-state index in [-0.39, 0.29) is 5.91 Å². The zero-order valence-corrected chi connectivity index (χ0v) is 14.6. The van der Waals surface area contributed by atoms with Crippen molar-refractivity contribution >= 4 is 22.9 Å². The number of pyridine rings is 1. The van der Waals surface area contributed by atoms with Gasteiger partial charge in [-0.2, -0.15) is 0 Å². The van der Waals surface area contributed by atoms with Gasteiger partial charge in [0.2, 0.25) is 0 Å². The smallest absolute Gasteiger partial charge is 0.267 e. The molecule has 1 amide bonds. The third kappa shape index (κ3) is 3.68. The van der Waals surface area contributed by atoms with Crippen LogP contribution in [0.2, 0.25) is 0 Å². The topological polar surface area (TPSA) is 54.9 Å². The van der Waals surface area contributed by atoms with E-state index in [0.29, 0.717) is 4.88 Å². The summed E-state index contributed by atoms with van der Waals surface area (Å²) in [5, 5.41) is 3.70. The van der Waals surface area contributed by atoms with E-state index in [9.17, 15) is 4.79 Å². The standard InChI is InChI=1S/C19H19N3OS/c1-3-6-14-8-10-15(11-9-14)22-18(23)17-13(2)21-19(24-17)16-7-4-5-12-20-16/h4-5,7-12H,3,6H2,1-2H3,(H,22,23). The van der Waals surface area contributed by atoms with Crippen LogP contribution in [-0.2, 0) is 6.42 Å². The van der Waals surface area contributed by atoms with Crippen molar-refractivity contribution in [1.29, 1.82) is 0 Å². The summed E-state index contributed by atoms with van der Waals surface area (Å²) in [6, 6.07) is 13.7. The van der Waals surface area contributed by atoms with Crippen LogP contribution in [-0.4, -0.2) is 15.9 Å². The molecular weight excluding hydrogens is 318 g/mol. The van der Waals surface area contributed by atoms with Crippen LogP contribution in [0.1, 0.15) is 34.3 Å².